The Labute approximate surface area is 142 Å². The smallest absolute Gasteiger partial charge is 0.465 e. The van der Waals surface area contributed by atoms with Crippen molar-refractivity contribution >= 4 is 5.97 Å². The van der Waals surface area contributed by atoms with Crippen molar-refractivity contribution in [2.24, 2.45) is 0 Å². The van der Waals surface area contributed by atoms with Crippen LogP contribution in [0, 0.1) is 0 Å². The van der Waals surface area contributed by atoms with E-state index in [2.05, 4.69) is 14.2 Å². The third-order valence-corrected chi connectivity index (χ3v) is 3.01. The van der Waals surface area contributed by atoms with Gasteiger partial charge in [0, 0.05) is 0 Å². The van der Waals surface area contributed by atoms with Crippen molar-refractivity contribution in [3.63, 3.8) is 0 Å². The number of benzene rings is 2. The van der Waals surface area contributed by atoms with E-state index < -0.39 is 30.2 Å². The van der Waals surface area contributed by atoms with E-state index in [0.717, 1.165) is 37.4 Å². The van der Waals surface area contributed by atoms with Gasteiger partial charge >= 0.3 is 18.7 Å². The second-order valence-corrected chi connectivity index (χ2v) is 4.82. The third-order valence-electron chi connectivity index (χ3n) is 3.01. The van der Waals surface area contributed by atoms with Crippen LogP contribution in [0.1, 0.15) is 10.4 Å². The Hall–Kier alpha value is -2.91. The summed E-state index contributed by atoms with van der Waals surface area (Å²) in [6.45, 7) is 0. The highest BCUT2D eigenvalue weighted by molar-refractivity contribution is 5.97. The van der Waals surface area contributed by atoms with Crippen LogP contribution in [0.4, 0.5) is 26.3 Å². The van der Waals surface area contributed by atoms with Gasteiger partial charge in [-0.2, -0.15) is 0 Å². The van der Waals surface area contributed by atoms with Crippen molar-refractivity contribution in [1.29, 1.82) is 0 Å². The molecule has 0 aromatic heterocycles. The van der Waals surface area contributed by atoms with Crippen LogP contribution in [0.25, 0.3) is 11.1 Å². The molecule has 2 aromatic carbocycles. The zero-order valence-electron chi connectivity index (χ0n) is 12.9. The molecule has 10 heteroatoms. The molecule has 0 saturated carbocycles. The van der Waals surface area contributed by atoms with Crippen LogP contribution >= 0.6 is 0 Å². The molecular weight excluding hydrogens is 370 g/mol. The molecule has 0 fully saturated rings. The molecule has 0 aliphatic heterocycles. The topological polar surface area (TPSA) is 44.8 Å². The van der Waals surface area contributed by atoms with Crippen LogP contribution in [0.15, 0.2) is 42.5 Å². The standard InChI is InChI=1S/C16H10F6O4/c1-24-14(23)12-6-5-11(26-16(20,21)22)8-13(12)9-3-2-4-10(7-9)25-15(17,18)19/h2-8H,1H3. The number of alkyl halides is 6. The van der Waals surface area contributed by atoms with Gasteiger partial charge in [-0.25, -0.2) is 4.79 Å². The third kappa shape index (κ3) is 5.30. The lowest BCUT2D eigenvalue weighted by molar-refractivity contribution is -0.275. The number of ether oxygens (including phenoxy) is 3. The normalized spacial score (nSPS) is 11.8. The fourth-order valence-corrected chi connectivity index (χ4v) is 2.11. The van der Waals surface area contributed by atoms with Crippen molar-refractivity contribution < 1.29 is 45.3 Å². The molecule has 4 nitrogen and oxygen atoms in total. The maximum Gasteiger partial charge on any atom is 0.573 e. The number of hydrogen-bond acceptors (Lipinski definition) is 4. The van der Waals surface area contributed by atoms with Gasteiger partial charge in [-0.3, -0.25) is 0 Å². The Bertz CT molecular complexity index is 798. The second kappa shape index (κ2) is 7.14. The predicted molar refractivity (Wildman–Crippen MR) is 76.6 cm³/mol. The highest BCUT2D eigenvalue weighted by Gasteiger charge is 2.32. The average Bonchev–Trinajstić information content (AvgIpc) is 2.51. The number of carbonyl (C=O) groups excluding carboxylic acids is 1. The first-order valence-corrected chi connectivity index (χ1v) is 6.83. The Balaban J connectivity index is 2.53. The van der Waals surface area contributed by atoms with E-state index in [1.165, 1.54) is 12.1 Å². The first-order chi connectivity index (χ1) is 12.0. The molecule has 0 aliphatic carbocycles. The van der Waals surface area contributed by atoms with Gasteiger partial charge in [-0.05, 0) is 41.5 Å². The summed E-state index contributed by atoms with van der Waals surface area (Å²) < 4.78 is 86.3. The van der Waals surface area contributed by atoms with E-state index in [1.54, 1.807) is 0 Å². The summed E-state index contributed by atoms with van der Waals surface area (Å²) in [6.07, 6.45) is -9.93. The van der Waals surface area contributed by atoms with Crippen LogP contribution in [0.2, 0.25) is 0 Å². The maximum atomic E-state index is 12.4. The predicted octanol–water partition coefficient (Wildman–Crippen LogP) is 4.94. The van der Waals surface area contributed by atoms with Gasteiger partial charge in [0.25, 0.3) is 0 Å². The van der Waals surface area contributed by atoms with Crippen molar-refractivity contribution in [2.75, 3.05) is 7.11 Å². The van der Waals surface area contributed by atoms with E-state index in [1.807, 2.05) is 0 Å². The number of halogens is 6. The Kier molecular flexibility index (Phi) is 5.33. The molecule has 0 saturated heterocycles. The molecule has 0 heterocycles. The zero-order chi connectivity index (χ0) is 19.5. The summed E-state index contributed by atoms with van der Waals surface area (Å²) in [7, 11) is 1.05. The summed E-state index contributed by atoms with van der Waals surface area (Å²) in [6, 6.07) is 7.18. The molecule has 0 radical (unpaired) electrons. The SMILES string of the molecule is COC(=O)c1ccc(OC(F)(F)F)cc1-c1cccc(OC(F)(F)F)c1. The lowest BCUT2D eigenvalue weighted by Crippen LogP contribution is -2.17. The maximum absolute atomic E-state index is 12.4. The lowest BCUT2D eigenvalue weighted by atomic mass is 9.99. The molecule has 0 amide bonds. The zero-order valence-corrected chi connectivity index (χ0v) is 12.9. The molecule has 0 unspecified atom stereocenters. The number of hydrogen-bond donors (Lipinski definition) is 0. The fourth-order valence-electron chi connectivity index (χ4n) is 2.11. The largest absolute Gasteiger partial charge is 0.573 e. The number of carbonyl (C=O) groups is 1. The van der Waals surface area contributed by atoms with Gasteiger partial charge in [-0.1, -0.05) is 12.1 Å². The molecule has 0 atom stereocenters. The Morgan fingerprint density at radius 3 is 1.96 bits per heavy atom. The van der Waals surface area contributed by atoms with Gasteiger partial charge in [0.1, 0.15) is 11.5 Å². The molecule has 0 aliphatic rings. The fraction of sp³-hybridized carbons (Fsp3) is 0.188. The molecule has 26 heavy (non-hydrogen) atoms. The first kappa shape index (κ1) is 19.4. The minimum Gasteiger partial charge on any atom is -0.465 e. The quantitative estimate of drug-likeness (QED) is 0.557. The minimum atomic E-state index is -4.98. The Morgan fingerprint density at radius 2 is 1.42 bits per heavy atom. The highest BCUT2D eigenvalue weighted by atomic mass is 19.4. The summed E-state index contributed by atoms with van der Waals surface area (Å²) in [5.41, 5.74) is -0.280. The van der Waals surface area contributed by atoms with Gasteiger partial charge < -0.3 is 14.2 Å². The molecule has 140 valence electrons. The van der Waals surface area contributed by atoms with Crippen molar-refractivity contribution in [2.45, 2.75) is 12.7 Å². The number of methoxy groups -OCH3 is 1. The van der Waals surface area contributed by atoms with E-state index in [0.29, 0.717) is 0 Å². The summed E-state index contributed by atoms with van der Waals surface area (Å²) in [5.74, 6) is -2.14. The number of rotatable bonds is 4. The van der Waals surface area contributed by atoms with Crippen LogP contribution in [-0.2, 0) is 4.74 Å². The van der Waals surface area contributed by atoms with Gasteiger partial charge in [0.2, 0.25) is 0 Å². The van der Waals surface area contributed by atoms with Gasteiger partial charge in [0.15, 0.2) is 0 Å². The molecule has 0 N–H and O–H groups in total. The van der Waals surface area contributed by atoms with Crippen molar-refractivity contribution in [3.05, 3.63) is 48.0 Å². The summed E-state index contributed by atoms with van der Waals surface area (Å²) >= 11 is 0. The Morgan fingerprint density at radius 1 is 0.846 bits per heavy atom. The van der Waals surface area contributed by atoms with E-state index in [4.69, 9.17) is 0 Å². The molecular formula is C16H10F6O4. The number of esters is 1. The average molecular weight is 380 g/mol. The van der Waals surface area contributed by atoms with Crippen LogP contribution in [-0.4, -0.2) is 25.8 Å². The molecule has 2 aromatic rings. The van der Waals surface area contributed by atoms with Crippen molar-refractivity contribution in [3.8, 4) is 22.6 Å². The monoisotopic (exact) mass is 380 g/mol. The van der Waals surface area contributed by atoms with Crippen LogP contribution in [0.3, 0.4) is 0 Å². The summed E-state index contributed by atoms with van der Waals surface area (Å²) in [4.78, 5) is 11.8. The van der Waals surface area contributed by atoms with Crippen molar-refractivity contribution in [1.82, 2.24) is 0 Å². The molecule has 0 bridgehead atoms. The second-order valence-electron chi connectivity index (χ2n) is 4.82. The minimum absolute atomic E-state index is 0.000209. The lowest BCUT2D eigenvalue weighted by Gasteiger charge is -2.14. The summed E-state index contributed by atoms with van der Waals surface area (Å²) in [5, 5.41) is 0. The van der Waals surface area contributed by atoms with Crippen LogP contribution < -0.4 is 9.47 Å². The highest BCUT2D eigenvalue weighted by Crippen LogP contribution is 2.34. The van der Waals surface area contributed by atoms with Crippen LogP contribution in [0.5, 0.6) is 11.5 Å². The van der Waals surface area contributed by atoms with Gasteiger partial charge in [-0.15, -0.1) is 26.3 Å². The first-order valence-electron chi connectivity index (χ1n) is 6.83. The van der Waals surface area contributed by atoms with E-state index in [-0.39, 0.29) is 16.7 Å². The van der Waals surface area contributed by atoms with E-state index in [9.17, 15) is 31.1 Å². The molecule has 2 rings (SSSR count). The molecule has 0 spiro atoms. The van der Waals surface area contributed by atoms with E-state index >= 15 is 0 Å². The van der Waals surface area contributed by atoms with Gasteiger partial charge in [0.05, 0.1) is 12.7 Å².